The van der Waals surface area contributed by atoms with Gasteiger partial charge in [-0.15, -0.1) is 0 Å². The smallest absolute Gasteiger partial charge is 0.269 e. The Hall–Kier alpha value is -3.13. The van der Waals surface area contributed by atoms with Crippen LogP contribution in [0.1, 0.15) is 28.4 Å². The average Bonchev–Trinajstić information content (AvgIpc) is 3.40. The second kappa shape index (κ2) is 7.01. The van der Waals surface area contributed by atoms with E-state index in [0.717, 1.165) is 17.1 Å². The first-order chi connectivity index (χ1) is 12.7. The Bertz CT molecular complexity index is 947. The second-order valence-electron chi connectivity index (χ2n) is 5.53. The molecule has 0 unspecified atom stereocenters. The first-order valence-corrected chi connectivity index (χ1v) is 8.68. The third-order valence-corrected chi connectivity index (χ3v) is 5.02. The molecule has 0 aliphatic carbocycles. The van der Waals surface area contributed by atoms with Gasteiger partial charge in [-0.2, -0.15) is 0 Å². The van der Waals surface area contributed by atoms with Crippen LogP contribution in [-0.2, 0) is 0 Å². The zero-order chi connectivity index (χ0) is 17.9. The third kappa shape index (κ3) is 3.31. The largest absolute Gasteiger partial charge is 0.468 e. The molecule has 7 nitrogen and oxygen atoms in total. The first kappa shape index (κ1) is 16.3. The van der Waals surface area contributed by atoms with Gasteiger partial charge in [-0.05, 0) is 42.0 Å². The summed E-state index contributed by atoms with van der Waals surface area (Å²) in [4.78, 5) is 19.3. The number of nitrogens with zero attached hydrogens (tertiary/aromatic N) is 3. The highest BCUT2D eigenvalue weighted by atomic mass is 32.2. The van der Waals surface area contributed by atoms with Crippen molar-refractivity contribution >= 4 is 28.8 Å². The van der Waals surface area contributed by atoms with E-state index >= 15 is 0 Å². The monoisotopic (exact) mass is 367 g/mol. The van der Waals surface area contributed by atoms with Crippen molar-refractivity contribution < 1.29 is 13.8 Å². The Labute approximate surface area is 152 Å². The molecule has 8 heteroatoms. The number of hydrogen-bond donors (Lipinski definition) is 0. The molecule has 2 aromatic heterocycles. The molecular formula is C18H13N3O4S. The molecule has 2 atom stereocenters. The van der Waals surface area contributed by atoms with Gasteiger partial charge >= 0.3 is 0 Å². The van der Waals surface area contributed by atoms with Crippen molar-refractivity contribution in [1.29, 1.82) is 0 Å². The van der Waals surface area contributed by atoms with Crippen molar-refractivity contribution in [3.63, 3.8) is 0 Å². The van der Waals surface area contributed by atoms with Gasteiger partial charge in [0.2, 0.25) is 0 Å². The van der Waals surface area contributed by atoms with Gasteiger partial charge in [-0.25, -0.2) is 9.98 Å². The van der Waals surface area contributed by atoms with Crippen LogP contribution >= 0.6 is 11.8 Å². The predicted molar refractivity (Wildman–Crippen MR) is 98.6 cm³/mol. The van der Waals surface area contributed by atoms with Crippen molar-refractivity contribution in [2.24, 2.45) is 9.98 Å². The summed E-state index contributed by atoms with van der Waals surface area (Å²) in [7, 11) is 0. The molecule has 0 fully saturated rings. The lowest BCUT2D eigenvalue weighted by atomic mass is 10.1. The van der Waals surface area contributed by atoms with E-state index in [-0.39, 0.29) is 17.0 Å². The zero-order valence-electron chi connectivity index (χ0n) is 13.4. The molecule has 3 aromatic rings. The van der Waals surface area contributed by atoms with Crippen molar-refractivity contribution in [3.05, 3.63) is 88.3 Å². The summed E-state index contributed by atoms with van der Waals surface area (Å²) < 4.78 is 11.1. The number of amidine groups is 1. The van der Waals surface area contributed by atoms with Gasteiger partial charge in [-0.1, -0.05) is 11.8 Å². The van der Waals surface area contributed by atoms with E-state index in [1.165, 1.54) is 23.9 Å². The molecule has 0 radical (unpaired) electrons. The molecule has 0 bridgehead atoms. The van der Waals surface area contributed by atoms with Crippen LogP contribution in [0.5, 0.6) is 0 Å². The molecule has 4 rings (SSSR count). The van der Waals surface area contributed by atoms with Gasteiger partial charge < -0.3 is 8.83 Å². The summed E-state index contributed by atoms with van der Waals surface area (Å²) in [5.41, 5.74) is 0.806. The molecular weight excluding hydrogens is 354 g/mol. The topological polar surface area (TPSA) is 94.1 Å². The highest BCUT2D eigenvalue weighted by Crippen LogP contribution is 2.48. The number of thioether (sulfide) groups is 1. The fourth-order valence-corrected chi connectivity index (χ4v) is 3.70. The van der Waals surface area contributed by atoms with E-state index < -0.39 is 4.92 Å². The number of nitro benzene ring substituents is 1. The third-order valence-electron chi connectivity index (χ3n) is 3.85. The maximum absolute atomic E-state index is 10.7. The molecule has 1 aliphatic heterocycles. The van der Waals surface area contributed by atoms with E-state index in [2.05, 4.69) is 9.98 Å². The molecule has 26 heavy (non-hydrogen) atoms. The van der Waals surface area contributed by atoms with Gasteiger partial charge in [0, 0.05) is 18.3 Å². The number of aliphatic imine (C=N–C) groups is 2. The van der Waals surface area contributed by atoms with Crippen LogP contribution in [-0.4, -0.2) is 16.3 Å². The Morgan fingerprint density at radius 2 is 1.77 bits per heavy atom. The van der Waals surface area contributed by atoms with Crippen LogP contribution in [0.15, 0.2) is 79.9 Å². The summed E-state index contributed by atoms with van der Waals surface area (Å²) in [6.45, 7) is 0. The zero-order valence-corrected chi connectivity index (χ0v) is 14.2. The van der Waals surface area contributed by atoms with Gasteiger partial charge in [0.1, 0.15) is 22.8 Å². The number of furan rings is 2. The van der Waals surface area contributed by atoms with Crippen LogP contribution in [0.2, 0.25) is 0 Å². The Balaban J connectivity index is 1.56. The number of nitro groups is 1. The lowest BCUT2D eigenvalue weighted by molar-refractivity contribution is -0.384. The van der Waals surface area contributed by atoms with Crippen LogP contribution in [0.4, 0.5) is 5.69 Å². The minimum atomic E-state index is -0.431. The Kier molecular flexibility index (Phi) is 4.40. The van der Waals surface area contributed by atoms with E-state index in [1.54, 1.807) is 30.9 Å². The fourth-order valence-electron chi connectivity index (χ4n) is 2.61. The minimum Gasteiger partial charge on any atom is -0.468 e. The summed E-state index contributed by atoms with van der Waals surface area (Å²) in [5.74, 6) is 1.56. The van der Waals surface area contributed by atoms with Crippen LogP contribution in [0, 0.1) is 10.1 Å². The van der Waals surface area contributed by atoms with E-state index in [9.17, 15) is 10.1 Å². The number of hydrogen-bond acceptors (Lipinski definition) is 7. The lowest BCUT2D eigenvalue weighted by Gasteiger charge is -2.11. The highest BCUT2D eigenvalue weighted by Gasteiger charge is 2.36. The number of non-ortho nitro benzene ring substituents is 1. The molecule has 0 saturated heterocycles. The summed E-state index contributed by atoms with van der Waals surface area (Å²) in [6.07, 6.45) is 4.89. The van der Waals surface area contributed by atoms with E-state index in [0.29, 0.717) is 5.17 Å². The first-order valence-electron chi connectivity index (χ1n) is 7.80. The van der Waals surface area contributed by atoms with Crippen LogP contribution < -0.4 is 0 Å². The SMILES string of the molecule is O=[N+]([O-])c1ccc(C=NC2=N[C@H](c3ccco3)[C@@H](c3ccco3)S2)cc1. The van der Waals surface area contributed by atoms with E-state index in [4.69, 9.17) is 8.83 Å². The molecule has 0 N–H and O–H groups in total. The second-order valence-corrected chi connectivity index (χ2v) is 6.64. The maximum atomic E-state index is 10.7. The van der Waals surface area contributed by atoms with Gasteiger partial charge in [0.15, 0.2) is 5.17 Å². The van der Waals surface area contributed by atoms with E-state index in [1.807, 2.05) is 24.3 Å². The molecule has 0 spiro atoms. The van der Waals surface area contributed by atoms with Crippen molar-refractivity contribution in [1.82, 2.24) is 0 Å². The summed E-state index contributed by atoms with van der Waals surface area (Å²) in [6, 6.07) is 13.4. The standard InChI is InChI=1S/C18H13N3O4S/c22-21(23)13-7-5-12(6-8-13)11-19-18-20-16(14-3-1-9-24-14)17(26-18)15-4-2-10-25-15/h1-11,16-17H/t16-,17-/m1/s1. The van der Waals surface area contributed by atoms with Gasteiger partial charge in [-0.3, -0.25) is 10.1 Å². The molecule has 3 heterocycles. The summed E-state index contributed by atoms with van der Waals surface area (Å²) >= 11 is 1.49. The highest BCUT2D eigenvalue weighted by molar-refractivity contribution is 8.14. The molecule has 0 amide bonds. The van der Waals surface area contributed by atoms with Crippen molar-refractivity contribution in [2.45, 2.75) is 11.3 Å². The predicted octanol–water partition coefficient (Wildman–Crippen LogP) is 4.79. The van der Waals surface area contributed by atoms with Gasteiger partial charge in [0.25, 0.3) is 5.69 Å². The normalized spacial score (nSPS) is 19.8. The average molecular weight is 367 g/mol. The fraction of sp³-hybridized carbons (Fsp3) is 0.111. The van der Waals surface area contributed by atoms with Crippen molar-refractivity contribution in [2.75, 3.05) is 0 Å². The van der Waals surface area contributed by atoms with Crippen molar-refractivity contribution in [3.8, 4) is 0 Å². The molecule has 1 aliphatic rings. The minimum absolute atomic E-state index is 0.0468. The molecule has 1 aromatic carbocycles. The number of benzene rings is 1. The quantitative estimate of drug-likeness (QED) is 0.375. The Morgan fingerprint density at radius 3 is 2.38 bits per heavy atom. The van der Waals surface area contributed by atoms with Crippen LogP contribution in [0.25, 0.3) is 0 Å². The number of rotatable bonds is 4. The van der Waals surface area contributed by atoms with Gasteiger partial charge in [0.05, 0.1) is 17.4 Å². The Morgan fingerprint density at radius 1 is 1.08 bits per heavy atom. The lowest BCUT2D eigenvalue weighted by Crippen LogP contribution is -1.99. The maximum Gasteiger partial charge on any atom is 0.269 e. The molecule has 130 valence electrons. The van der Waals surface area contributed by atoms with Crippen LogP contribution in [0.3, 0.4) is 0 Å². The molecule has 0 saturated carbocycles. The summed E-state index contributed by atoms with van der Waals surface area (Å²) in [5, 5.41) is 11.3.